The summed E-state index contributed by atoms with van der Waals surface area (Å²) in [5.41, 5.74) is 0.649. The van der Waals surface area contributed by atoms with E-state index < -0.39 is 12.5 Å². The van der Waals surface area contributed by atoms with Gasteiger partial charge in [-0.15, -0.1) is 0 Å². The molecular formula is C17H17ClF2N4O2. The third-order valence-electron chi connectivity index (χ3n) is 4.04. The normalized spacial score (nSPS) is 15.1. The van der Waals surface area contributed by atoms with Gasteiger partial charge in [0.2, 0.25) is 0 Å². The number of nitrogens with zero attached hydrogens (tertiary/aromatic N) is 2. The minimum absolute atomic E-state index is 0.0272. The molecule has 6 nitrogen and oxygen atoms in total. The summed E-state index contributed by atoms with van der Waals surface area (Å²) in [5, 5.41) is 5.87. The molecule has 9 heteroatoms. The lowest BCUT2D eigenvalue weighted by Crippen LogP contribution is -2.27. The lowest BCUT2D eigenvalue weighted by molar-refractivity contribution is -0.0497. The molecule has 2 N–H and O–H groups in total. The maximum atomic E-state index is 12.3. The molecule has 1 amide bonds. The molecule has 0 atom stereocenters. The van der Waals surface area contributed by atoms with Crippen molar-refractivity contribution in [3.05, 3.63) is 47.0 Å². The van der Waals surface area contributed by atoms with Crippen LogP contribution in [0, 0.1) is 0 Å². The molecule has 0 bridgehead atoms. The summed E-state index contributed by atoms with van der Waals surface area (Å²) < 4.78 is 28.7. The minimum atomic E-state index is -2.97. The van der Waals surface area contributed by atoms with E-state index in [0.717, 1.165) is 31.8 Å². The van der Waals surface area contributed by atoms with E-state index >= 15 is 0 Å². The highest BCUT2D eigenvalue weighted by molar-refractivity contribution is 6.32. The first-order chi connectivity index (χ1) is 12.5. The van der Waals surface area contributed by atoms with E-state index in [1.807, 2.05) is 0 Å². The second-order valence-electron chi connectivity index (χ2n) is 5.83. The fraction of sp³-hybridized carbons (Fsp3) is 0.353. The average Bonchev–Trinajstić information content (AvgIpc) is 2.64. The highest BCUT2D eigenvalue weighted by Crippen LogP contribution is 2.29. The van der Waals surface area contributed by atoms with Gasteiger partial charge in [-0.05, 0) is 44.1 Å². The van der Waals surface area contributed by atoms with Crippen LogP contribution < -0.4 is 15.4 Å². The monoisotopic (exact) mass is 382 g/mol. The molecule has 0 unspecified atom stereocenters. The maximum absolute atomic E-state index is 12.3. The standard InChI is InChI=1S/C17H17ClF2N4O2/c18-13-7-12(1-2-14(13)26-17(19)20)24-16(25)11-8-22-15(23-9-11)10-3-5-21-6-4-10/h1-2,7-10,17,21H,3-6H2,(H,24,25). The van der Waals surface area contributed by atoms with Gasteiger partial charge in [0.15, 0.2) is 0 Å². The Bertz CT molecular complexity index is 768. The Kier molecular flexibility index (Phi) is 5.95. The number of anilines is 1. The number of carbonyl (C=O) groups excluding carboxylic acids is 1. The SMILES string of the molecule is O=C(Nc1ccc(OC(F)F)c(Cl)c1)c1cnc(C2CCNCC2)nc1. The summed E-state index contributed by atoms with van der Waals surface area (Å²) in [4.78, 5) is 20.9. The van der Waals surface area contributed by atoms with Crippen LogP contribution in [0.25, 0.3) is 0 Å². The Morgan fingerprint density at radius 2 is 1.96 bits per heavy atom. The molecule has 3 rings (SSSR count). The minimum Gasteiger partial charge on any atom is -0.433 e. The number of carbonyl (C=O) groups is 1. The molecule has 1 aromatic carbocycles. The van der Waals surface area contributed by atoms with Crippen LogP contribution in [0.4, 0.5) is 14.5 Å². The van der Waals surface area contributed by atoms with E-state index in [2.05, 4.69) is 25.3 Å². The van der Waals surface area contributed by atoms with E-state index in [-0.39, 0.29) is 10.8 Å². The maximum Gasteiger partial charge on any atom is 0.387 e. The van der Waals surface area contributed by atoms with Gasteiger partial charge in [-0.2, -0.15) is 8.78 Å². The van der Waals surface area contributed by atoms with Gasteiger partial charge in [-0.3, -0.25) is 4.79 Å². The number of alkyl halides is 2. The van der Waals surface area contributed by atoms with Gasteiger partial charge in [0.05, 0.1) is 10.6 Å². The highest BCUT2D eigenvalue weighted by atomic mass is 35.5. The van der Waals surface area contributed by atoms with Crippen LogP contribution in [0.3, 0.4) is 0 Å². The number of ether oxygens (including phenoxy) is 1. The number of rotatable bonds is 5. The van der Waals surface area contributed by atoms with Crippen molar-refractivity contribution >= 4 is 23.2 Å². The van der Waals surface area contributed by atoms with Gasteiger partial charge in [-0.25, -0.2) is 9.97 Å². The zero-order valence-corrected chi connectivity index (χ0v) is 14.5. The summed E-state index contributed by atoms with van der Waals surface area (Å²) in [5.74, 6) is 0.462. The first-order valence-electron chi connectivity index (χ1n) is 8.11. The van der Waals surface area contributed by atoms with Crippen molar-refractivity contribution < 1.29 is 18.3 Å². The highest BCUT2D eigenvalue weighted by Gasteiger charge is 2.18. The number of nitrogens with one attached hydrogen (secondary N) is 2. The zero-order valence-electron chi connectivity index (χ0n) is 13.7. The average molecular weight is 383 g/mol. The Labute approximate surface area is 153 Å². The molecule has 26 heavy (non-hydrogen) atoms. The molecular weight excluding hydrogens is 366 g/mol. The van der Waals surface area contributed by atoms with Crippen molar-refractivity contribution in [2.24, 2.45) is 0 Å². The van der Waals surface area contributed by atoms with Crippen LogP contribution in [-0.2, 0) is 0 Å². The number of hydrogen-bond donors (Lipinski definition) is 2. The second-order valence-corrected chi connectivity index (χ2v) is 6.24. The van der Waals surface area contributed by atoms with Gasteiger partial charge in [0, 0.05) is 24.0 Å². The number of piperidine rings is 1. The van der Waals surface area contributed by atoms with E-state index in [0.29, 0.717) is 17.2 Å². The summed E-state index contributed by atoms with van der Waals surface area (Å²) in [6.07, 6.45) is 4.90. The molecule has 1 aliphatic heterocycles. The quantitative estimate of drug-likeness (QED) is 0.828. The number of benzene rings is 1. The van der Waals surface area contributed by atoms with Crippen LogP contribution >= 0.6 is 11.6 Å². The lowest BCUT2D eigenvalue weighted by Gasteiger charge is -2.21. The third kappa shape index (κ3) is 4.64. The van der Waals surface area contributed by atoms with Crippen molar-refractivity contribution in [2.75, 3.05) is 18.4 Å². The molecule has 1 fully saturated rings. The predicted octanol–water partition coefficient (Wildman–Crippen LogP) is 3.45. The van der Waals surface area contributed by atoms with Crippen LogP contribution in [0.15, 0.2) is 30.6 Å². The van der Waals surface area contributed by atoms with Crippen molar-refractivity contribution in [1.82, 2.24) is 15.3 Å². The first kappa shape index (κ1) is 18.5. The largest absolute Gasteiger partial charge is 0.433 e. The number of halogens is 3. The Morgan fingerprint density at radius 3 is 2.58 bits per heavy atom. The molecule has 0 aliphatic carbocycles. The molecule has 2 aromatic rings. The van der Waals surface area contributed by atoms with Crippen LogP contribution in [0.1, 0.15) is 34.9 Å². The fourth-order valence-corrected chi connectivity index (χ4v) is 2.94. The number of amides is 1. The van der Waals surface area contributed by atoms with E-state index in [1.54, 1.807) is 0 Å². The van der Waals surface area contributed by atoms with Gasteiger partial charge in [-0.1, -0.05) is 11.6 Å². The molecule has 1 saturated heterocycles. The van der Waals surface area contributed by atoms with Crippen molar-refractivity contribution in [1.29, 1.82) is 0 Å². The predicted molar refractivity (Wildman–Crippen MR) is 92.9 cm³/mol. The first-order valence-corrected chi connectivity index (χ1v) is 8.49. The Balaban J connectivity index is 1.65. The van der Waals surface area contributed by atoms with Crippen LogP contribution in [-0.4, -0.2) is 35.6 Å². The fourth-order valence-electron chi connectivity index (χ4n) is 2.72. The van der Waals surface area contributed by atoms with Gasteiger partial charge >= 0.3 is 6.61 Å². The molecule has 1 aliphatic rings. The third-order valence-corrected chi connectivity index (χ3v) is 4.34. The lowest BCUT2D eigenvalue weighted by atomic mass is 9.97. The number of aromatic nitrogens is 2. The van der Waals surface area contributed by atoms with E-state index in [1.165, 1.54) is 30.6 Å². The summed E-state index contributed by atoms with van der Waals surface area (Å²) in [6, 6.07) is 4.02. The molecule has 0 saturated carbocycles. The summed E-state index contributed by atoms with van der Waals surface area (Å²) >= 11 is 5.87. The van der Waals surface area contributed by atoms with Crippen molar-refractivity contribution in [2.45, 2.75) is 25.4 Å². The smallest absolute Gasteiger partial charge is 0.387 e. The topological polar surface area (TPSA) is 76.1 Å². The molecule has 1 aromatic heterocycles. The van der Waals surface area contributed by atoms with E-state index in [9.17, 15) is 13.6 Å². The van der Waals surface area contributed by atoms with Crippen LogP contribution in [0.2, 0.25) is 5.02 Å². The Hall–Kier alpha value is -2.32. The van der Waals surface area contributed by atoms with Crippen LogP contribution in [0.5, 0.6) is 5.75 Å². The van der Waals surface area contributed by atoms with Gasteiger partial charge in [0.25, 0.3) is 5.91 Å². The van der Waals surface area contributed by atoms with Gasteiger partial charge < -0.3 is 15.4 Å². The van der Waals surface area contributed by atoms with Gasteiger partial charge in [0.1, 0.15) is 11.6 Å². The summed E-state index contributed by atoms with van der Waals surface area (Å²) in [7, 11) is 0. The summed E-state index contributed by atoms with van der Waals surface area (Å²) in [6.45, 7) is -1.10. The second kappa shape index (κ2) is 8.37. The van der Waals surface area contributed by atoms with E-state index in [4.69, 9.17) is 11.6 Å². The number of hydrogen-bond acceptors (Lipinski definition) is 5. The van der Waals surface area contributed by atoms with Crippen molar-refractivity contribution in [3.63, 3.8) is 0 Å². The molecule has 0 radical (unpaired) electrons. The molecule has 138 valence electrons. The Morgan fingerprint density at radius 1 is 1.27 bits per heavy atom. The molecule has 2 heterocycles. The molecule has 0 spiro atoms. The zero-order chi connectivity index (χ0) is 18.5. The van der Waals surface area contributed by atoms with Crippen molar-refractivity contribution in [3.8, 4) is 5.75 Å².